The van der Waals surface area contributed by atoms with Gasteiger partial charge in [-0.15, -0.1) is 0 Å². The molecule has 1 atom stereocenters. The monoisotopic (exact) mass is 303 g/mol. The van der Waals surface area contributed by atoms with Gasteiger partial charge in [0, 0.05) is 13.1 Å². The fraction of sp³-hybridized carbons (Fsp3) is 0.417. The summed E-state index contributed by atoms with van der Waals surface area (Å²) < 4.78 is 39.0. The van der Waals surface area contributed by atoms with Crippen LogP contribution >= 0.6 is 0 Å². The highest BCUT2D eigenvalue weighted by molar-refractivity contribution is 5.93. The number of pyridine rings is 1. The number of alkyl halides is 3. The summed E-state index contributed by atoms with van der Waals surface area (Å²) in [5.41, 5.74) is 2.72. The second-order valence-corrected chi connectivity index (χ2v) is 4.84. The van der Waals surface area contributed by atoms with Gasteiger partial charge in [0.2, 0.25) is 0 Å². The van der Waals surface area contributed by atoms with Gasteiger partial charge >= 0.3 is 12.1 Å². The van der Waals surface area contributed by atoms with Crippen LogP contribution in [0.4, 0.5) is 18.9 Å². The minimum atomic E-state index is -4.93. The summed E-state index contributed by atoms with van der Waals surface area (Å²) in [6.45, 7) is -1.21. The number of carboxylic acid groups (broad SMARTS) is 1. The van der Waals surface area contributed by atoms with Gasteiger partial charge in [0.1, 0.15) is 5.69 Å². The maximum atomic E-state index is 13.0. The van der Waals surface area contributed by atoms with Gasteiger partial charge in [-0.25, -0.2) is 4.98 Å². The first kappa shape index (κ1) is 15.1. The molecule has 0 bridgehead atoms. The molecule has 1 saturated heterocycles. The van der Waals surface area contributed by atoms with E-state index < -0.39 is 36.4 Å². The van der Waals surface area contributed by atoms with E-state index in [1.54, 1.807) is 0 Å². The van der Waals surface area contributed by atoms with Gasteiger partial charge in [-0.3, -0.25) is 9.59 Å². The lowest BCUT2D eigenvalue weighted by Gasteiger charge is -2.27. The number of carboxylic acids is 1. The van der Waals surface area contributed by atoms with Gasteiger partial charge < -0.3 is 15.7 Å². The molecule has 1 aromatic heterocycles. The van der Waals surface area contributed by atoms with Crippen molar-refractivity contribution in [2.24, 2.45) is 5.41 Å². The number of anilines is 1. The number of halogens is 3. The van der Waals surface area contributed by atoms with Crippen LogP contribution in [-0.2, 0) is 4.79 Å². The standard InChI is InChI=1S/C12H12F3N3O3/c13-12(14,15)11(10(20)21)3-4-18(6-11)9(19)8-2-1-7(16)5-17-8/h1-2,5H,3-4,6,16H2,(H,20,21). The molecule has 0 spiro atoms. The van der Waals surface area contributed by atoms with E-state index in [-0.39, 0.29) is 12.2 Å². The fourth-order valence-corrected chi connectivity index (χ4v) is 2.20. The second kappa shape index (κ2) is 4.90. The molecule has 1 aliphatic rings. The van der Waals surface area contributed by atoms with E-state index in [4.69, 9.17) is 10.8 Å². The molecule has 0 aromatic carbocycles. The lowest BCUT2D eigenvalue weighted by Crippen LogP contribution is -2.47. The van der Waals surface area contributed by atoms with E-state index in [1.165, 1.54) is 18.3 Å². The van der Waals surface area contributed by atoms with Crippen molar-refractivity contribution >= 4 is 17.6 Å². The van der Waals surface area contributed by atoms with Crippen molar-refractivity contribution in [2.75, 3.05) is 18.8 Å². The lowest BCUT2D eigenvalue weighted by molar-refractivity contribution is -0.227. The van der Waals surface area contributed by atoms with Gasteiger partial charge in [0.15, 0.2) is 5.41 Å². The van der Waals surface area contributed by atoms with E-state index in [0.717, 1.165) is 4.90 Å². The Morgan fingerprint density at radius 1 is 1.38 bits per heavy atom. The minimum Gasteiger partial charge on any atom is -0.481 e. The molecule has 9 heteroatoms. The lowest BCUT2D eigenvalue weighted by atomic mass is 9.86. The van der Waals surface area contributed by atoms with Crippen LogP contribution in [0.3, 0.4) is 0 Å². The van der Waals surface area contributed by atoms with Crippen LogP contribution in [0.5, 0.6) is 0 Å². The van der Waals surface area contributed by atoms with Crippen molar-refractivity contribution in [2.45, 2.75) is 12.6 Å². The number of aliphatic carboxylic acids is 1. The van der Waals surface area contributed by atoms with Gasteiger partial charge in [0.05, 0.1) is 11.9 Å². The summed E-state index contributed by atoms with van der Waals surface area (Å²) in [5.74, 6) is -2.72. The van der Waals surface area contributed by atoms with Crippen molar-refractivity contribution in [3.05, 3.63) is 24.0 Å². The molecule has 2 heterocycles. The molecule has 6 nitrogen and oxygen atoms in total. The first-order chi connectivity index (χ1) is 9.67. The van der Waals surface area contributed by atoms with Crippen molar-refractivity contribution in [1.82, 2.24) is 9.88 Å². The third-order valence-electron chi connectivity index (χ3n) is 3.51. The summed E-state index contributed by atoms with van der Waals surface area (Å²) in [4.78, 5) is 27.7. The summed E-state index contributed by atoms with van der Waals surface area (Å²) in [5, 5.41) is 8.92. The van der Waals surface area contributed by atoms with Crippen LogP contribution in [0.25, 0.3) is 0 Å². The maximum absolute atomic E-state index is 13.0. The first-order valence-electron chi connectivity index (χ1n) is 5.98. The topological polar surface area (TPSA) is 96.5 Å². The van der Waals surface area contributed by atoms with Crippen molar-refractivity contribution in [1.29, 1.82) is 0 Å². The number of nitrogens with zero attached hydrogens (tertiary/aromatic N) is 2. The molecular weight excluding hydrogens is 291 g/mol. The number of likely N-dealkylation sites (tertiary alicyclic amines) is 1. The average molecular weight is 303 g/mol. The number of carbonyl (C=O) groups excluding carboxylic acids is 1. The molecule has 0 radical (unpaired) electrons. The summed E-state index contributed by atoms with van der Waals surface area (Å²) >= 11 is 0. The van der Waals surface area contributed by atoms with Crippen molar-refractivity contribution in [3.63, 3.8) is 0 Å². The van der Waals surface area contributed by atoms with Gasteiger partial charge in [0.25, 0.3) is 5.91 Å². The summed E-state index contributed by atoms with van der Waals surface area (Å²) in [7, 11) is 0. The number of aromatic nitrogens is 1. The number of amides is 1. The third kappa shape index (κ3) is 2.50. The maximum Gasteiger partial charge on any atom is 0.406 e. The molecule has 1 fully saturated rings. The van der Waals surface area contributed by atoms with Gasteiger partial charge in [-0.1, -0.05) is 0 Å². The zero-order valence-corrected chi connectivity index (χ0v) is 10.7. The Morgan fingerprint density at radius 3 is 2.48 bits per heavy atom. The van der Waals surface area contributed by atoms with Crippen LogP contribution in [0.2, 0.25) is 0 Å². The Labute approximate surface area is 117 Å². The highest BCUT2D eigenvalue weighted by atomic mass is 19.4. The molecule has 21 heavy (non-hydrogen) atoms. The number of hydrogen-bond donors (Lipinski definition) is 2. The SMILES string of the molecule is Nc1ccc(C(=O)N2CCC(C(=O)O)(C(F)(F)F)C2)nc1. The molecule has 1 unspecified atom stereocenters. The van der Waals surface area contributed by atoms with Crippen LogP contribution in [0.15, 0.2) is 18.3 Å². The fourth-order valence-electron chi connectivity index (χ4n) is 2.20. The van der Waals surface area contributed by atoms with Gasteiger partial charge in [-0.05, 0) is 18.6 Å². The van der Waals surface area contributed by atoms with Crippen LogP contribution < -0.4 is 5.73 Å². The van der Waals surface area contributed by atoms with E-state index in [1.807, 2.05) is 0 Å². The number of rotatable bonds is 2. The predicted molar refractivity (Wildman–Crippen MR) is 65.3 cm³/mol. The Bertz CT molecular complexity index is 573. The number of nitrogens with two attached hydrogens (primary N) is 1. The number of nitrogen functional groups attached to an aromatic ring is 1. The molecule has 1 aromatic rings. The second-order valence-electron chi connectivity index (χ2n) is 4.84. The first-order valence-corrected chi connectivity index (χ1v) is 5.98. The van der Waals surface area contributed by atoms with Crippen molar-refractivity contribution in [3.8, 4) is 0 Å². The molecule has 2 rings (SSSR count). The van der Waals surface area contributed by atoms with E-state index in [2.05, 4.69) is 4.98 Å². The largest absolute Gasteiger partial charge is 0.481 e. The average Bonchev–Trinajstić information content (AvgIpc) is 2.84. The Kier molecular flexibility index (Phi) is 3.52. The highest BCUT2D eigenvalue weighted by Gasteiger charge is 2.64. The van der Waals surface area contributed by atoms with Crippen molar-refractivity contribution < 1.29 is 27.9 Å². The summed E-state index contributed by atoms with van der Waals surface area (Å²) in [6, 6.07) is 2.68. The third-order valence-corrected chi connectivity index (χ3v) is 3.51. The molecule has 0 saturated carbocycles. The number of hydrogen-bond acceptors (Lipinski definition) is 4. The summed E-state index contributed by atoms with van der Waals surface area (Å²) in [6.07, 6.45) is -4.40. The Hall–Kier alpha value is -2.32. The zero-order valence-electron chi connectivity index (χ0n) is 10.7. The van der Waals surface area contributed by atoms with Crippen LogP contribution in [-0.4, -0.2) is 46.1 Å². The number of carbonyl (C=O) groups is 2. The molecule has 1 aliphatic heterocycles. The predicted octanol–water partition coefficient (Wildman–Crippen LogP) is 1.14. The highest BCUT2D eigenvalue weighted by Crippen LogP contribution is 2.45. The van der Waals surface area contributed by atoms with E-state index in [9.17, 15) is 22.8 Å². The van der Waals surface area contributed by atoms with Crippen LogP contribution in [0.1, 0.15) is 16.9 Å². The molecule has 114 valence electrons. The quantitative estimate of drug-likeness (QED) is 0.854. The van der Waals surface area contributed by atoms with Gasteiger partial charge in [-0.2, -0.15) is 13.2 Å². The molecule has 0 aliphatic carbocycles. The normalized spacial score (nSPS) is 22.3. The molecule has 1 amide bonds. The Morgan fingerprint density at radius 2 is 2.05 bits per heavy atom. The van der Waals surface area contributed by atoms with E-state index >= 15 is 0 Å². The minimum absolute atomic E-state index is 0.0763. The van der Waals surface area contributed by atoms with Crippen LogP contribution in [0, 0.1) is 5.41 Å². The Balaban J connectivity index is 2.23. The molecule has 3 N–H and O–H groups in total. The van der Waals surface area contributed by atoms with E-state index in [0.29, 0.717) is 5.69 Å². The smallest absolute Gasteiger partial charge is 0.406 e. The molecular formula is C12H12F3N3O3. The zero-order chi connectivity index (χ0) is 15.8.